The number of unbranched alkanes of at least 4 members (excludes halogenated alkanes) is 27. The number of nitrogens with zero attached hydrogens (tertiary/aromatic N) is 1. The van der Waals surface area contributed by atoms with Crippen LogP contribution in [0.2, 0.25) is 0 Å². The molecule has 0 aromatic rings. The molecule has 10 heteroatoms. The van der Waals surface area contributed by atoms with E-state index in [1.807, 2.05) is 21.1 Å². The molecule has 0 heterocycles. The van der Waals surface area contributed by atoms with E-state index in [4.69, 9.17) is 18.5 Å². The maximum atomic E-state index is 12.7. The fourth-order valence-corrected chi connectivity index (χ4v) is 8.49. The molecule has 0 aliphatic carbocycles. The van der Waals surface area contributed by atoms with Gasteiger partial charge in [0, 0.05) is 12.8 Å². The van der Waals surface area contributed by atoms with Crippen LogP contribution in [-0.2, 0) is 32.7 Å². The van der Waals surface area contributed by atoms with Crippen LogP contribution in [0.3, 0.4) is 0 Å². The number of likely N-dealkylation sites (N-methyl/N-ethyl adjacent to an activating group) is 1. The quantitative estimate of drug-likeness (QED) is 0.0211. The number of carbonyl (C=O) groups is 2. The van der Waals surface area contributed by atoms with Gasteiger partial charge in [0.1, 0.15) is 19.8 Å². The highest BCUT2D eigenvalue weighted by molar-refractivity contribution is 7.47. The van der Waals surface area contributed by atoms with E-state index in [0.717, 1.165) is 77.0 Å². The van der Waals surface area contributed by atoms with Crippen molar-refractivity contribution in [2.75, 3.05) is 47.5 Å². The predicted octanol–water partition coefficient (Wildman–Crippen LogP) is 17.1. The number of esters is 2. The van der Waals surface area contributed by atoms with Gasteiger partial charge in [0.25, 0.3) is 0 Å². The van der Waals surface area contributed by atoms with Crippen LogP contribution in [0.25, 0.3) is 0 Å². The first-order chi connectivity index (χ1) is 33.0. The summed E-state index contributed by atoms with van der Waals surface area (Å²) in [7, 11) is 1.48. The highest BCUT2D eigenvalue weighted by Gasteiger charge is 2.27. The molecule has 1 N–H and O–H groups in total. The summed E-state index contributed by atoms with van der Waals surface area (Å²) in [6.45, 7) is 4.23. The minimum absolute atomic E-state index is 0.0331. The van der Waals surface area contributed by atoms with Gasteiger partial charge >= 0.3 is 19.8 Å². The van der Waals surface area contributed by atoms with Crippen molar-refractivity contribution >= 4 is 19.8 Å². The molecule has 0 aromatic carbocycles. The van der Waals surface area contributed by atoms with Crippen molar-refractivity contribution in [3.05, 3.63) is 60.8 Å². The van der Waals surface area contributed by atoms with E-state index in [0.29, 0.717) is 17.4 Å². The molecule has 0 spiro atoms. The van der Waals surface area contributed by atoms with Crippen molar-refractivity contribution in [1.82, 2.24) is 0 Å². The molecule has 0 bridgehead atoms. The van der Waals surface area contributed by atoms with Gasteiger partial charge in [0.05, 0.1) is 27.7 Å². The monoisotopic (exact) mass is 977 g/mol. The summed E-state index contributed by atoms with van der Waals surface area (Å²) in [4.78, 5) is 35.1. The Labute approximate surface area is 419 Å². The number of phosphoric ester groups is 1. The molecule has 0 amide bonds. The van der Waals surface area contributed by atoms with Gasteiger partial charge in [-0.2, -0.15) is 0 Å². The number of rotatable bonds is 51. The molecule has 0 rings (SSSR count). The second-order valence-corrected chi connectivity index (χ2v) is 21.4. The Hall–Kier alpha value is -2.29. The van der Waals surface area contributed by atoms with Crippen molar-refractivity contribution in [2.24, 2.45) is 0 Å². The fraction of sp³-hybridized carbons (Fsp3) is 0.793. The molecule has 0 aliphatic heterocycles. The molecule has 0 aliphatic rings. The van der Waals surface area contributed by atoms with E-state index in [1.165, 1.54) is 135 Å². The second-order valence-electron chi connectivity index (χ2n) is 19.9. The van der Waals surface area contributed by atoms with Crippen molar-refractivity contribution in [3.63, 3.8) is 0 Å². The fourth-order valence-electron chi connectivity index (χ4n) is 7.75. The molecule has 9 nitrogen and oxygen atoms in total. The van der Waals surface area contributed by atoms with Gasteiger partial charge < -0.3 is 18.9 Å². The van der Waals surface area contributed by atoms with E-state index in [9.17, 15) is 19.0 Å². The molecule has 2 atom stereocenters. The highest BCUT2D eigenvalue weighted by Crippen LogP contribution is 2.43. The average molecular weight is 977 g/mol. The molecule has 0 fully saturated rings. The van der Waals surface area contributed by atoms with Crippen LogP contribution in [0, 0.1) is 0 Å². The van der Waals surface area contributed by atoms with Gasteiger partial charge in [-0.15, -0.1) is 0 Å². The number of quaternary nitrogens is 1. The van der Waals surface area contributed by atoms with E-state index in [-0.39, 0.29) is 32.0 Å². The minimum atomic E-state index is -4.36. The topological polar surface area (TPSA) is 108 Å². The van der Waals surface area contributed by atoms with E-state index < -0.39 is 26.5 Å². The largest absolute Gasteiger partial charge is 0.472 e. The number of phosphoric acid groups is 1. The van der Waals surface area contributed by atoms with Crippen molar-refractivity contribution in [1.29, 1.82) is 0 Å². The summed E-state index contributed by atoms with van der Waals surface area (Å²) in [5.41, 5.74) is 0. The Kier molecular flexibility index (Phi) is 48.0. The SMILES string of the molecule is CC/C=C\C/C=C\C/C=C\C/C=C\C/C=C\CCCCCCCCCCCCCCCCCCCCCCCCCC(=O)OC(COC(=O)CCCCCCC)COP(=O)(O)OCC[N+](C)(C)C. The van der Waals surface area contributed by atoms with E-state index in [2.05, 4.69) is 74.6 Å². The zero-order chi connectivity index (χ0) is 49.9. The minimum Gasteiger partial charge on any atom is -0.462 e. The summed E-state index contributed by atoms with van der Waals surface area (Å²) in [6.07, 6.45) is 63.7. The van der Waals surface area contributed by atoms with Crippen molar-refractivity contribution < 1.29 is 42.1 Å². The third-order valence-corrected chi connectivity index (χ3v) is 13.0. The van der Waals surface area contributed by atoms with E-state index in [1.54, 1.807) is 0 Å². The number of hydrogen-bond acceptors (Lipinski definition) is 7. The lowest BCUT2D eigenvalue weighted by Gasteiger charge is -2.24. The Morgan fingerprint density at radius 2 is 0.838 bits per heavy atom. The van der Waals surface area contributed by atoms with Crippen molar-refractivity contribution in [3.8, 4) is 0 Å². The third-order valence-electron chi connectivity index (χ3n) is 12.1. The summed E-state index contributed by atoms with van der Waals surface area (Å²) in [5.74, 6) is -0.804. The molecule has 0 saturated heterocycles. The first-order valence-electron chi connectivity index (χ1n) is 28.0. The summed E-state index contributed by atoms with van der Waals surface area (Å²) >= 11 is 0. The van der Waals surface area contributed by atoms with Crippen LogP contribution in [0.1, 0.15) is 245 Å². The lowest BCUT2D eigenvalue weighted by atomic mass is 10.0. The molecule has 2 unspecified atom stereocenters. The Morgan fingerprint density at radius 3 is 1.25 bits per heavy atom. The average Bonchev–Trinajstić information content (AvgIpc) is 3.30. The van der Waals surface area contributed by atoms with Gasteiger partial charge in [-0.1, -0.05) is 235 Å². The van der Waals surface area contributed by atoms with Crippen LogP contribution < -0.4 is 0 Å². The van der Waals surface area contributed by atoms with Crippen LogP contribution in [0.4, 0.5) is 0 Å². The first-order valence-corrected chi connectivity index (χ1v) is 29.5. The van der Waals surface area contributed by atoms with Crippen LogP contribution in [0.15, 0.2) is 60.8 Å². The molecule has 396 valence electrons. The molecule has 0 aromatic heterocycles. The van der Waals surface area contributed by atoms with Gasteiger partial charge in [-0.05, 0) is 57.8 Å². The number of carbonyl (C=O) groups excluding carboxylic acids is 2. The Morgan fingerprint density at radius 1 is 0.471 bits per heavy atom. The van der Waals surface area contributed by atoms with Crippen molar-refractivity contribution in [2.45, 2.75) is 251 Å². The second kappa shape index (κ2) is 49.7. The van der Waals surface area contributed by atoms with Gasteiger partial charge in [0.15, 0.2) is 6.10 Å². The Balaban J connectivity index is 3.75. The molecular formula is C58H107NO8P+. The summed E-state index contributed by atoms with van der Waals surface area (Å²) in [6, 6.07) is 0. The van der Waals surface area contributed by atoms with Gasteiger partial charge in [-0.3, -0.25) is 18.6 Å². The smallest absolute Gasteiger partial charge is 0.462 e. The normalized spacial score (nSPS) is 13.8. The van der Waals surface area contributed by atoms with Crippen LogP contribution >= 0.6 is 7.82 Å². The molecule has 68 heavy (non-hydrogen) atoms. The standard InChI is InChI=1S/C58H106NO8P/c1-6-8-10-12-13-14-15-16-17-18-19-20-21-22-23-24-25-26-27-28-29-30-31-32-33-34-35-36-37-38-39-40-41-42-43-44-45-47-49-51-58(61)67-56(54-64-57(60)50-48-46-11-9-7-2)55-66-68(62,63)65-53-52-59(3,4)5/h8,10,13-14,16-17,19-20,22-23,56H,6-7,9,11-12,15,18,21,24-55H2,1-5H3/p+1/b10-8-,14-13-,17-16-,20-19-,23-22-. The maximum absolute atomic E-state index is 12.7. The van der Waals surface area contributed by atoms with Gasteiger partial charge in [-0.25, -0.2) is 4.57 Å². The van der Waals surface area contributed by atoms with Crippen LogP contribution in [-0.4, -0.2) is 74.9 Å². The molecule has 0 radical (unpaired) electrons. The highest BCUT2D eigenvalue weighted by atomic mass is 31.2. The lowest BCUT2D eigenvalue weighted by Crippen LogP contribution is -2.37. The molecule has 0 saturated carbocycles. The maximum Gasteiger partial charge on any atom is 0.472 e. The summed E-state index contributed by atoms with van der Waals surface area (Å²) in [5, 5.41) is 0. The number of ether oxygens (including phenoxy) is 2. The summed E-state index contributed by atoms with van der Waals surface area (Å²) < 4.78 is 34.2. The third kappa shape index (κ3) is 53.1. The lowest BCUT2D eigenvalue weighted by molar-refractivity contribution is -0.870. The van der Waals surface area contributed by atoms with Gasteiger partial charge in [0.2, 0.25) is 0 Å². The van der Waals surface area contributed by atoms with Crippen LogP contribution in [0.5, 0.6) is 0 Å². The first kappa shape index (κ1) is 65.7. The van der Waals surface area contributed by atoms with E-state index >= 15 is 0 Å². The number of allylic oxidation sites excluding steroid dienone is 10. The molecular weight excluding hydrogens is 870 g/mol. The zero-order valence-corrected chi connectivity index (χ0v) is 45.7. The predicted molar refractivity (Wildman–Crippen MR) is 289 cm³/mol. The Bertz CT molecular complexity index is 1340. The number of hydrogen-bond donors (Lipinski definition) is 1. The zero-order valence-electron chi connectivity index (χ0n) is 44.8.